The van der Waals surface area contributed by atoms with E-state index in [-0.39, 0.29) is 5.41 Å². The highest BCUT2D eigenvalue weighted by Gasteiger charge is 2.33. The van der Waals surface area contributed by atoms with Crippen LogP contribution in [0.3, 0.4) is 0 Å². The lowest BCUT2D eigenvalue weighted by Crippen LogP contribution is -2.35. The predicted molar refractivity (Wildman–Crippen MR) is 83.1 cm³/mol. The summed E-state index contributed by atoms with van der Waals surface area (Å²) in [6.07, 6.45) is 5.76. The summed E-state index contributed by atoms with van der Waals surface area (Å²) in [6, 6.07) is 1.69. The maximum Gasteiger partial charge on any atom is 0.241 e. The van der Waals surface area contributed by atoms with Crippen LogP contribution in [0.4, 0.5) is 0 Å². The summed E-state index contributed by atoms with van der Waals surface area (Å²) < 4.78 is 28.4. The molecule has 0 amide bonds. The molecule has 1 fully saturated rings. The van der Waals surface area contributed by atoms with Gasteiger partial charge >= 0.3 is 0 Å². The highest BCUT2D eigenvalue weighted by Crippen LogP contribution is 2.40. The first kappa shape index (κ1) is 15.5. The van der Waals surface area contributed by atoms with Gasteiger partial charge in [0.1, 0.15) is 0 Å². The second-order valence-corrected chi connectivity index (χ2v) is 9.73. The summed E-state index contributed by atoms with van der Waals surface area (Å²) in [5.74, 6) is 0. The summed E-state index contributed by atoms with van der Waals surface area (Å²) in [4.78, 5) is 1.24. The first-order valence-corrected chi connectivity index (χ1v) is 9.73. The molecule has 0 atom stereocenters. The molecule has 19 heavy (non-hydrogen) atoms. The number of thiophene rings is 1. The van der Waals surface area contributed by atoms with Crippen LogP contribution in [0.25, 0.3) is 0 Å². The SMILES string of the molecule is CCC1(CNS(=O)(=O)c2cc(Br)sc2C)CCCC1. The van der Waals surface area contributed by atoms with E-state index in [4.69, 9.17) is 0 Å². The van der Waals surface area contributed by atoms with Crippen LogP contribution in [0.5, 0.6) is 0 Å². The van der Waals surface area contributed by atoms with Crippen molar-refractivity contribution >= 4 is 37.3 Å². The Morgan fingerprint density at radius 1 is 1.42 bits per heavy atom. The molecule has 0 spiro atoms. The van der Waals surface area contributed by atoms with Gasteiger partial charge in [0.25, 0.3) is 0 Å². The van der Waals surface area contributed by atoms with E-state index < -0.39 is 10.0 Å². The van der Waals surface area contributed by atoms with E-state index in [1.807, 2.05) is 6.92 Å². The van der Waals surface area contributed by atoms with Gasteiger partial charge in [0.2, 0.25) is 10.0 Å². The number of hydrogen-bond acceptors (Lipinski definition) is 3. The Morgan fingerprint density at radius 2 is 2.05 bits per heavy atom. The molecule has 3 nitrogen and oxygen atoms in total. The number of hydrogen-bond donors (Lipinski definition) is 1. The second kappa shape index (κ2) is 5.84. The van der Waals surface area contributed by atoms with Crippen molar-refractivity contribution in [3.8, 4) is 0 Å². The Morgan fingerprint density at radius 3 is 2.53 bits per heavy atom. The third kappa shape index (κ3) is 3.40. The first-order valence-electron chi connectivity index (χ1n) is 6.64. The lowest BCUT2D eigenvalue weighted by molar-refractivity contribution is 0.285. The summed E-state index contributed by atoms with van der Waals surface area (Å²) in [5, 5.41) is 0. The number of rotatable bonds is 5. The molecule has 0 radical (unpaired) electrons. The zero-order chi connectivity index (χ0) is 14.1. The van der Waals surface area contributed by atoms with E-state index in [9.17, 15) is 8.42 Å². The molecule has 1 aliphatic rings. The van der Waals surface area contributed by atoms with Crippen molar-refractivity contribution in [1.82, 2.24) is 4.72 Å². The largest absolute Gasteiger partial charge is 0.241 e. The molecule has 1 aromatic heterocycles. The number of sulfonamides is 1. The van der Waals surface area contributed by atoms with Crippen molar-refractivity contribution in [2.24, 2.45) is 5.41 Å². The van der Waals surface area contributed by atoms with Gasteiger partial charge in [-0.05, 0) is 53.6 Å². The Balaban J connectivity index is 2.12. The van der Waals surface area contributed by atoms with Gasteiger partial charge < -0.3 is 0 Å². The Hall–Kier alpha value is 0.0900. The quantitative estimate of drug-likeness (QED) is 0.854. The van der Waals surface area contributed by atoms with Gasteiger partial charge in [0.15, 0.2) is 0 Å². The van der Waals surface area contributed by atoms with Crippen LogP contribution in [0.1, 0.15) is 43.9 Å². The van der Waals surface area contributed by atoms with Crippen molar-refractivity contribution < 1.29 is 8.42 Å². The number of nitrogens with one attached hydrogen (secondary N) is 1. The molecule has 1 aromatic rings. The van der Waals surface area contributed by atoms with Gasteiger partial charge in [0.05, 0.1) is 8.68 Å². The van der Waals surface area contributed by atoms with E-state index in [0.717, 1.165) is 27.9 Å². The monoisotopic (exact) mass is 365 g/mol. The van der Waals surface area contributed by atoms with Gasteiger partial charge in [0, 0.05) is 11.4 Å². The molecular formula is C13H20BrNO2S2. The standard InChI is InChI=1S/C13H20BrNO2S2/c1-3-13(6-4-5-7-13)9-15-19(16,17)11-8-12(14)18-10(11)2/h8,15H,3-7,9H2,1-2H3. The van der Waals surface area contributed by atoms with Crippen molar-refractivity contribution in [2.75, 3.05) is 6.54 Å². The van der Waals surface area contributed by atoms with Gasteiger partial charge in [-0.15, -0.1) is 11.3 Å². The fraction of sp³-hybridized carbons (Fsp3) is 0.692. The second-order valence-electron chi connectivity index (χ2n) is 5.36. The van der Waals surface area contributed by atoms with Crippen LogP contribution >= 0.6 is 27.3 Å². The zero-order valence-corrected chi connectivity index (χ0v) is 14.5. The van der Waals surface area contributed by atoms with Crippen LogP contribution < -0.4 is 4.72 Å². The highest BCUT2D eigenvalue weighted by molar-refractivity contribution is 9.11. The number of halogens is 1. The highest BCUT2D eigenvalue weighted by atomic mass is 79.9. The minimum absolute atomic E-state index is 0.175. The predicted octanol–water partition coefficient (Wildman–Crippen LogP) is 4.07. The Kier molecular flexibility index (Phi) is 4.75. The van der Waals surface area contributed by atoms with Crippen LogP contribution in [0, 0.1) is 12.3 Å². The molecule has 1 aliphatic carbocycles. The van der Waals surface area contributed by atoms with Crippen LogP contribution in [-0.4, -0.2) is 15.0 Å². The van der Waals surface area contributed by atoms with Crippen molar-refractivity contribution in [2.45, 2.75) is 50.8 Å². The third-order valence-corrected chi connectivity index (χ3v) is 7.39. The molecule has 2 rings (SSSR count). The normalized spacial score (nSPS) is 18.9. The molecule has 6 heteroatoms. The molecular weight excluding hydrogens is 346 g/mol. The average molecular weight is 366 g/mol. The Bertz CT molecular complexity index is 545. The van der Waals surface area contributed by atoms with E-state index in [0.29, 0.717) is 11.4 Å². The van der Waals surface area contributed by atoms with E-state index in [1.54, 1.807) is 6.07 Å². The van der Waals surface area contributed by atoms with Gasteiger partial charge in [-0.25, -0.2) is 13.1 Å². The number of aryl methyl sites for hydroxylation is 1. The van der Waals surface area contributed by atoms with E-state index in [1.165, 1.54) is 24.2 Å². The molecule has 0 bridgehead atoms. The molecule has 1 saturated carbocycles. The first-order chi connectivity index (χ1) is 8.88. The fourth-order valence-corrected chi connectivity index (χ4v) is 6.37. The molecule has 0 aliphatic heterocycles. The molecule has 108 valence electrons. The average Bonchev–Trinajstić information content (AvgIpc) is 2.95. The van der Waals surface area contributed by atoms with E-state index in [2.05, 4.69) is 27.6 Å². The van der Waals surface area contributed by atoms with Crippen LogP contribution in [0.2, 0.25) is 0 Å². The van der Waals surface area contributed by atoms with E-state index >= 15 is 0 Å². The third-order valence-electron chi connectivity index (χ3n) is 4.18. The summed E-state index contributed by atoms with van der Waals surface area (Å²) >= 11 is 4.80. The minimum atomic E-state index is -3.38. The van der Waals surface area contributed by atoms with Crippen molar-refractivity contribution in [1.29, 1.82) is 0 Å². The van der Waals surface area contributed by atoms with Crippen molar-refractivity contribution in [3.05, 3.63) is 14.7 Å². The molecule has 0 saturated heterocycles. The molecule has 1 N–H and O–H groups in total. The maximum absolute atomic E-state index is 12.4. The zero-order valence-electron chi connectivity index (χ0n) is 11.3. The smallest absolute Gasteiger partial charge is 0.211 e. The topological polar surface area (TPSA) is 46.2 Å². The summed E-state index contributed by atoms with van der Waals surface area (Å²) in [6.45, 7) is 4.57. The summed E-state index contributed by atoms with van der Waals surface area (Å²) in [7, 11) is -3.38. The van der Waals surface area contributed by atoms with Crippen LogP contribution in [-0.2, 0) is 10.0 Å². The molecule has 1 heterocycles. The van der Waals surface area contributed by atoms with Crippen LogP contribution in [0.15, 0.2) is 14.7 Å². The lowest BCUT2D eigenvalue weighted by atomic mass is 9.84. The summed E-state index contributed by atoms with van der Waals surface area (Å²) in [5.41, 5.74) is 0.175. The van der Waals surface area contributed by atoms with Gasteiger partial charge in [-0.3, -0.25) is 0 Å². The Labute approximate surface area is 128 Å². The van der Waals surface area contributed by atoms with Crippen molar-refractivity contribution in [3.63, 3.8) is 0 Å². The van der Waals surface area contributed by atoms with Gasteiger partial charge in [-0.2, -0.15) is 0 Å². The molecule has 0 unspecified atom stereocenters. The van der Waals surface area contributed by atoms with Gasteiger partial charge in [-0.1, -0.05) is 19.8 Å². The lowest BCUT2D eigenvalue weighted by Gasteiger charge is -2.27. The fourth-order valence-electron chi connectivity index (χ4n) is 2.80. The molecule has 0 aromatic carbocycles. The maximum atomic E-state index is 12.4. The minimum Gasteiger partial charge on any atom is -0.211 e.